The van der Waals surface area contributed by atoms with Gasteiger partial charge in [0.15, 0.2) is 0 Å². The van der Waals surface area contributed by atoms with Crippen molar-refractivity contribution in [1.82, 2.24) is 10.2 Å². The molecule has 6 fully saturated rings. The molecule has 2 bridgehead atoms. The number of likely N-dealkylation sites (tertiary alicyclic amines) is 1. The second-order valence-electron chi connectivity index (χ2n) is 15.6. The number of rotatable bonds is 6. The number of nitrogens with one attached hydrogen (secondary N) is 1. The Labute approximate surface area is 261 Å². The fraction of sp³-hybridized carbons (Fsp3) is 0.853. The lowest BCUT2D eigenvalue weighted by Crippen LogP contribution is -2.63. The summed E-state index contributed by atoms with van der Waals surface area (Å²) in [5.74, 6) is 1.29. The predicted octanol–water partition coefficient (Wildman–Crippen LogP) is 3.59. The van der Waals surface area contributed by atoms with Crippen molar-refractivity contribution in [1.29, 1.82) is 0 Å². The number of amides is 1. The van der Waals surface area contributed by atoms with Gasteiger partial charge in [-0.25, -0.2) is 0 Å². The van der Waals surface area contributed by atoms with Crippen LogP contribution in [0.5, 0.6) is 0 Å². The van der Waals surface area contributed by atoms with E-state index in [0.717, 1.165) is 45.2 Å². The van der Waals surface area contributed by atoms with Gasteiger partial charge in [0.2, 0.25) is 5.91 Å². The summed E-state index contributed by atoms with van der Waals surface area (Å²) in [6.07, 6.45) is 6.43. The molecule has 4 saturated carbocycles. The van der Waals surface area contributed by atoms with Crippen LogP contribution >= 0.6 is 11.8 Å². The highest BCUT2D eigenvalue weighted by Crippen LogP contribution is 2.68. The minimum Gasteiger partial charge on any atom is -0.461 e. The van der Waals surface area contributed by atoms with Gasteiger partial charge in [0.1, 0.15) is 11.9 Å². The molecule has 0 aromatic heterocycles. The second kappa shape index (κ2) is 11.4. The minimum absolute atomic E-state index is 0.0416. The zero-order valence-corrected chi connectivity index (χ0v) is 27.2. The molecule has 0 radical (unpaired) electrons. The Hall–Kier alpha value is -1.42. The fourth-order valence-corrected chi connectivity index (χ4v) is 11.8. The van der Waals surface area contributed by atoms with E-state index in [4.69, 9.17) is 4.74 Å². The average Bonchev–Trinajstić information content (AvgIpc) is 3.75. The number of fused-ring (bicyclic) bond motifs is 1. The fourth-order valence-electron chi connectivity index (χ4n) is 10.6. The van der Waals surface area contributed by atoms with E-state index in [1.54, 1.807) is 11.8 Å². The molecule has 2 heterocycles. The normalized spacial score (nSPS) is 49.3. The molecule has 0 aromatic rings. The Kier molecular flexibility index (Phi) is 8.39. The molecule has 12 atom stereocenters. The van der Waals surface area contributed by atoms with Gasteiger partial charge in [-0.1, -0.05) is 33.8 Å². The maximum atomic E-state index is 13.6. The summed E-state index contributed by atoms with van der Waals surface area (Å²) in [4.78, 5) is 42.1. The molecule has 4 aliphatic carbocycles. The van der Waals surface area contributed by atoms with Gasteiger partial charge in [-0.15, -0.1) is 18.3 Å². The van der Waals surface area contributed by atoms with Crippen molar-refractivity contribution in [2.24, 2.45) is 45.8 Å². The predicted molar refractivity (Wildman–Crippen MR) is 166 cm³/mol. The van der Waals surface area contributed by atoms with Crippen LogP contribution in [0.3, 0.4) is 0 Å². The van der Waals surface area contributed by atoms with E-state index >= 15 is 0 Å². The van der Waals surface area contributed by atoms with E-state index in [-0.39, 0.29) is 52.6 Å². The molecule has 6 rings (SSSR count). The van der Waals surface area contributed by atoms with Crippen LogP contribution < -0.4 is 5.32 Å². The van der Waals surface area contributed by atoms with E-state index in [1.165, 1.54) is 0 Å². The standard InChI is InChI=1S/C34H52N2O6S/c1-6-32(4)14-27(33(5)19(2)7-9-34(20(3)30(32)40)10-8-26(38)29(33)34)42-28(39)18-43-24-11-21-16-36(17-22(21)12-24)31(41)25-13-23(37)15-35-25/h6,19-25,27,29-30,35,37,40H,1,7-18H2,2-5H3/t19-,20+,21?,22?,23+,24?,25-,27-,29+,30+,32-,33+,34+/m1/s1. The number of ketones is 1. The van der Waals surface area contributed by atoms with Crippen molar-refractivity contribution >= 4 is 29.4 Å². The van der Waals surface area contributed by atoms with Gasteiger partial charge in [0, 0.05) is 48.1 Å². The Balaban J connectivity index is 1.11. The van der Waals surface area contributed by atoms with Gasteiger partial charge in [0.05, 0.1) is 24.0 Å². The van der Waals surface area contributed by atoms with Crippen molar-refractivity contribution in [2.45, 2.75) is 109 Å². The maximum absolute atomic E-state index is 13.6. The number of nitrogens with zero attached hydrogens (tertiary/aromatic N) is 1. The summed E-state index contributed by atoms with van der Waals surface area (Å²) in [5, 5.41) is 25.0. The minimum atomic E-state index is -0.661. The highest BCUT2D eigenvalue weighted by Gasteiger charge is 2.68. The van der Waals surface area contributed by atoms with Gasteiger partial charge in [-0.2, -0.15) is 0 Å². The number of esters is 1. The van der Waals surface area contributed by atoms with Crippen molar-refractivity contribution in [3.8, 4) is 0 Å². The SMILES string of the molecule is C=C[C@]1(C)C[C@@H](OC(=O)CSC2CC3CN(C(=O)[C@H]4C[C@H](O)CN4)CC3C2)[C@]2(C)[C@H](C)CC[C@]3(CCC(=O)[C@H]32)[C@@H](C)[C@@H]1O. The van der Waals surface area contributed by atoms with Gasteiger partial charge in [-0.05, 0) is 74.0 Å². The Morgan fingerprint density at radius 2 is 1.84 bits per heavy atom. The van der Waals surface area contributed by atoms with Crippen molar-refractivity contribution in [3.05, 3.63) is 12.7 Å². The van der Waals surface area contributed by atoms with Crippen LogP contribution in [-0.2, 0) is 19.1 Å². The van der Waals surface area contributed by atoms with Crippen LogP contribution in [0.25, 0.3) is 0 Å². The highest BCUT2D eigenvalue weighted by molar-refractivity contribution is 8.00. The summed E-state index contributed by atoms with van der Waals surface area (Å²) in [7, 11) is 0. The van der Waals surface area contributed by atoms with Crippen LogP contribution in [0.15, 0.2) is 12.7 Å². The van der Waals surface area contributed by atoms with Crippen LogP contribution in [0, 0.1) is 45.8 Å². The molecule has 2 aliphatic heterocycles. The van der Waals surface area contributed by atoms with E-state index in [9.17, 15) is 24.6 Å². The number of carbonyl (C=O) groups is 3. The number of hydrogen-bond acceptors (Lipinski definition) is 8. The number of ether oxygens (including phenoxy) is 1. The number of Topliss-reactive ketones (excluding diaryl/α,β-unsaturated/α-hetero) is 1. The summed E-state index contributed by atoms with van der Waals surface area (Å²) in [6, 6.07) is -0.271. The summed E-state index contributed by atoms with van der Waals surface area (Å²) in [6.45, 7) is 14.7. The first kappa shape index (κ1) is 31.6. The number of β-amino-alcohol motifs (C(OH)–C–C–N with tert-alkyl or cyclic N) is 1. The Bertz CT molecular complexity index is 1140. The lowest BCUT2D eigenvalue weighted by molar-refractivity contribution is -0.205. The van der Waals surface area contributed by atoms with Crippen molar-refractivity contribution in [2.75, 3.05) is 25.4 Å². The van der Waals surface area contributed by atoms with E-state index in [1.807, 2.05) is 17.9 Å². The molecule has 3 N–H and O–H groups in total. The smallest absolute Gasteiger partial charge is 0.316 e. The van der Waals surface area contributed by atoms with Gasteiger partial charge in [0.25, 0.3) is 0 Å². The molecule has 9 heteroatoms. The van der Waals surface area contributed by atoms with Crippen LogP contribution in [0.2, 0.25) is 0 Å². The van der Waals surface area contributed by atoms with Crippen LogP contribution in [0.4, 0.5) is 0 Å². The van der Waals surface area contributed by atoms with Gasteiger partial charge < -0.3 is 25.2 Å². The molecule has 6 aliphatic rings. The molecule has 0 aromatic carbocycles. The highest BCUT2D eigenvalue weighted by atomic mass is 32.2. The summed E-state index contributed by atoms with van der Waals surface area (Å²) >= 11 is 1.67. The van der Waals surface area contributed by atoms with Crippen molar-refractivity contribution < 1.29 is 29.3 Å². The first-order valence-electron chi connectivity index (χ1n) is 16.7. The number of aliphatic hydroxyl groups excluding tert-OH is 2. The number of aliphatic hydroxyl groups is 2. The first-order valence-corrected chi connectivity index (χ1v) is 17.7. The van der Waals surface area contributed by atoms with E-state index in [2.05, 4.69) is 32.7 Å². The van der Waals surface area contributed by atoms with Gasteiger partial charge in [-0.3, -0.25) is 14.4 Å². The zero-order valence-electron chi connectivity index (χ0n) is 26.4. The molecule has 8 nitrogen and oxygen atoms in total. The summed E-state index contributed by atoms with van der Waals surface area (Å²) < 4.78 is 6.44. The number of carbonyl (C=O) groups excluding carboxylic acids is 3. The third-order valence-electron chi connectivity index (χ3n) is 13.4. The monoisotopic (exact) mass is 616 g/mol. The first-order chi connectivity index (χ1) is 20.3. The third kappa shape index (κ3) is 5.12. The average molecular weight is 617 g/mol. The largest absolute Gasteiger partial charge is 0.461 e. The maximum Gasteiger partial charge on any atom is 0.316 e. The lowest BCUT2D eigenvalue weighted by atomic mass is 9.44. The third-order valence-corrected chi connectivity index (χ3v) is 14.7. The number of thioether (sulfide) groups is 1. The topological polar surface area (TPSA) is 116 Å². The molecular weight excluding hydrogens is 564 g/mol. The molecule has 0 spiro atoms. The van der Waals surface area contributed by atoms with Crippen LogP contribution in [-0.4, -0.2) is 87.8 Å². The quantitative estimate of drug-likeness (QED) is 0.307. The van der Waals surface area contributed by atoms with Gasteiger partial charge >= 0.3 is 5.97 Å². The van der Waals surface area contributed by atoms with Crippen LogP contribution in [0.1, 0.15) is 79.1 Å². The molecule has 240 valence electrons. The zero-order chi connectivity index (χ0) is 30.9. The molecule has 2 unspecified atom stereocenters. The molecule has 43 heavy (non-hydrogen) atoms. The summed E-state index contributed by atoms with van der Waals surface area (Å²) in [5.41, 5.74) is -1.39. The Morgan fingerprint density at radius 3 is 2.47 bits per heavy atom. The molecular formula is C34H52N2O6S. The second-order valence-corrected chi connectivity index (χ2v) is 16.9. The number of hydrogen-bond donors (Lipinski definition) is 3. The van der Waals surface area contributed by atoms with E-state index in [0.29, 0.717) is 42.9 Å². The molecule has 2 saturated heterocycles. The van der Waals surface area contributed by atoms with E-state index < -0.39 is 29.1 Å². The lowest BCUT2D eigenvalue weighted by Gasteiger charge is -2.61. The van der Waals surface area contributed by atoms with Crippen molar-refractivity contribution in [3.63, 3.8) is 0 Å². The Morgan fingerprint density at radius 1 is 1.14 bits per heavy atom. The molecule has 1 amide bonds.